The van der Waals surface area contributed by atoms with Crippen LogP contribution in [0.5, 0.6) is 0 Å². The molecule has 2 heterocycles. The lowest BCUT2D eigenvalue weighted by Crippen LogP contribution is -2.31. The van der Waals surface area contributed by atoms with Crippen LogP contribution < -0.4 is 21.9 Å². The summed E-state index contributed by atoms with van der Waals surface area (Å²) in [5, 5.41) is 9.73. The molecule has 31 heavy (non-hydrogen) atoms. The van der Waals surface area contributed by atoms with E-state index in [1.807, 2.05) is 6.07 Å². The van der Waals surface area contributed by atoms with Crippen LogP contribution in [0.3, 0.4) is 0 Å². The van der Waals surface area contributed by atoms with Gasteiger partial charge >= 0.3 is 0 Å². The molecule has 9 nitrogen and oxygen atoms in total. The van der Waals surface area contributed by atoms with E-state index in [1.165, 1.54) is 27.7 Å². The van der Waals surface area contributed by atoms with Gasteiger partial charge in [0.05, 0.1) is 11.1 Å². The molecule has 0 saturated heterocycles. The molecule has 154 valence electrons. The molecule has 0 bridgehead atoms. The summed E-state index contributed by atoms with van der Waals surface area (Å²) in [7, 11) is 0. The number of nitrogen functional groups attached to an aromatic ring is 2. The third kappa shape index (κ3) is 3.28. The molecule has 0 saturated carbocycles. The molecule has 0 aliphatic rings. The Labute approximate surface area is 176 Å². The normalized spacial score (nSPS) is 10.7. The predicted octanol–water partition coefficient (Wildman–Crippen LogP) is 2.51. The highest BCUT2D eigenvalue weighted by atomic mass is 19.1. The van der Waals surface area contributed by atoms with Gasteiger partial charge in [-0.2, -0.15) is 15.2 Å². The molecule has 0 amide bonds. The minimum Gasteiger partial charge on any atom is -0.382 e. The summed E-state index contributed by atoms with van der Waals surface area (Å²) < 4.78 is 15.9. The summed E-state index contributed by atoms with van der Waals surface area (Å²) in [5.74, 6) is -0.767. The monoisotopic (exact) mass is 416 g/mol. The first kappa shape index (κ1) is 19.8. The second-order valence-corrected chi connectivity index (χ2v) is 6.55. The first-order chi connectivity index (χ1) is 15.0. The maximum atomic E-state index is 14.6. The van der Waals surface area contributed by atoms with Crippen molar-refractivity contribution in [3.05, 3.63) is 70.3 Å². The standard InChI is InChI=1S/C21H17FN8O/c1-2-29(18-14(11-23)17(24)27-20(25)28-18)21-26-16-13(9-6-10-15(16)22)19(31)30(21)12-7-4-3-5-8-12/h3-10H,2H2,1H3,(H4,24,25,27,28). The Morgan fingerprint density at radius 3 is 2.52 bits per heavy atom. The molecule has 4 N–H and O–H groups in total. The van der Waals surface area contributed by atoms with Gasteiger partial charge in [-0.1, -0.05) is 24.3 Å². The minimum atomic E-state index is -0.644. The van der Waals surface area contributed by atoms with Gasteiger partial charge in [-0.15, -0.1) is 0 Å². The molecule has 0 aliphatic heterocycles. The fourth-order valence-electron chi connectivity index (χ4n) is 3.33. The number of nitriles is 1. The van der Waals surface area contributed by atoms with Gasteiger partial charge in [-0.3, -0.25) is 9.69 Å². The van der Waals surface area contributed by atoms with Gasteiger partial charge in [0.15, 0.2) is 5.82 Å². The minimum absolute atomic E-state index is 0.0291. The summed E-state index contributed by atoms with van der Waals surface area (Å²) in [6, 6.07) is 14.9. The van der Waals surface area contributed by atoms with Crippen molar-refractivity contribution in [1.82, 2.24) is 19.5 Å². The van der Waals surface area contributed by atoms with Crippen LogP contribution in [0.2, 0.25) is 0 Å². The van der Waals surface area contributed by atoms with Crippen molar-refractivity contribution in [2.75, 3.05) is 22.9 Å². The average Bonchev–Trinajstić information content (AvgIpc) is 2.75. The van der Waals surface area contributed by atoms with Gasteiger partial charge in [0.25, 0.3) is 5.56 Å². The van der Waals surface area contributed by atoms with Crippen LogP contribution in [-0.4, -0.2) is 26.1 Å². The zero-order valence-corrected chi connectivity index (χ0v) is 16.5. The van der Waals surface area contributed by atoms with E-state index in [0.29, 0.717) is 5.69 Å². The van der Waals surface area contributed by atoms with Crippen molar-refractivity contribution in [2.45, 2.75) is 6.92 Å². The van der Waals surface area contributed by atoms with E-state index >= 15 is 0 Å². The van der Waals surface area contributed by atoms with E-state index in [1.54, 1.807) is 37.3 Å². The van der Waals surface area contributed by atoms with Crippen LogP contribution in [0.1, 0.15) is 12.5 Å². The number of anilines is 4. The maximum Gasteiger partial charge on any atom is 0.267 e. The molecule has 0 unspecified atom stereocenters. The number of hydrogen-bond acceptors (Lipinski definition) is 8. The SMILES string of the molecule is CCN(c1nc(N)nc(N)c1C#N)c1nc2c(F)cccc2c(=O)n1-c1ccccc1. The number of nitrogens with zero attached hydrogens (tertiary/aromatic N) is 6. The smallest absolute Gasteiger partial charge is 0.267 e. The predicted molar refractivity (Wildman–Crippen MR) is 116 cm³/mol. The quantitative estimate of drug-likeness (QED) is 0.517. The first-order valence-corrected chi connectivity index (χ1v) is 9.33. The van der Waals surface area contributed by atoms with Gasteiger partial charge in [-0.05, 0) is 31.2 Å². The van der Waals surface area contributed by atoms with Crippen molar-refractivity contribution >= 4 is 34.4 Å². The summed E-state index contributed by atoms with van der Waals surface area (Å²) in [6.07, 6.45) is 0. The van der Waals surface area contributed by atoms with Crippen molar-refractivity contribution in [1.29, 1.82) is 5.26 Å². The average molecular weight is 416 g/mol. The van der Waals surface area contributed by atoms with E-state index in [2.05, 4.69) is 15.0 Å². The van der Waals surface area contributed by atoms with Crippen molar-refractivity contribution < 1.29 is 4.39 Å². The van der Waals surface area contributed by atoms with Crippen molar-refractivity contribution in [2.24, 2.45) is 0 Å². The summed E-state index contributed by atoms with van der Waals surface area (Å²) in [4.78, 5) is 27.3. The van der Waals surface area contributed by atoms with Crippen LogP contribution in [0.15, 0.2) is 53.3 Å². The van der Waals surface area contributed by atoms with E-state index < -0.39 is 11.4 Å². The fraction of sp³-hybridized carbons (Fsp3) is 0.0952. The number of rotatable bonds is 4. The van der Waals surface area contributed by atoms with Gasteiger partial charge in [0.2, 0.25) is 11.9 Å². The molecular weight excluding hydrogens is 399 g/mol. The highest BCUT2D eigenvalue weighted by Gasteiger charge is 2.24. The summed E-state index contributed by atoms with van der Waals surface area (Å²) in [6.45, 7) is 1.99. The lowest BCUT2D eigenvalue weighted by atomic mass is 10.2. The number of nitrogens with two attached hydrogens (primary N) is 2. The van der Waals surface area contributed by atoms with Crippen LogP contribution >= 0.6 is 0 Å². The van der Waals surface area contributed by atoms with E-state index in [9.17, 15) is 14.4 Å². The summed E-state index contributed by atoms with van der Waals surface area (Å²) >= 11 is 0. The lowest BCUT2D eigenvalue weighted by molar-refractivity contribution is 0.635. The molecular formula is C21H17FN8O. The molecule has 4 rings (SSSR count). The molecule has 2 aromatic heterocycles. The Morgan fingerprint density at radius 1 is 1.10 bits per heavy atom. The number of halogens is 1. The number of hydrogen-bond donors (Lipinski definition) is 2. The van der Waals surface area contributed by atoms with Gasteiger partial charge in [0.1, 0.15) is 28.8 Å². The molecule has 0 aliphatic carbocycles. The Kier molecular flexibility index (Phi) is 4.92. The zero-order valence-electron chi connectivity index (χ0n) is 16.5. The highest BCUT2D eigenvalue weighted by molar-refractivity contribution is 5.81. The Bertz CT molecular complexity index is 1390. The van der Waals surface area contributed by atoms with Crippen LogP contribution in [0.4, 0.5) is 27.9 Å². The third-order valence-corrected chi connectivity index (χ3v) is 4.71. The second-order valence-electron chi connectivity index (χ2n) is 6.55. The number of para-hydroxylation sites is 2. The highest BCUT2D eigenvalue weighted by Crippen LogP contribution is 2.30. The molecule has 2 aromatic carbocycles. The van der Waals surface area contributed by atoms with Crippen LogP contribution in [-0.2, 0) is 0 Å². The second kappa shape index (κ2) is 7.72. The number of aromatic nitrogens is 4. The summed E-state index contributed by atoms with van der Waals surface area (Å²) in [5.41, 5.74) is 11.5. The molecule has 0 atom stereocenters. The fourth-order valence-corrected chi connectivity index (χ4v) is 3.33. The van der Waals surface area contributed by atoms with Gasteiger partial charge < -0.3 is 11.5 Å². The topological polar surface area (TPSA) is 140 Å². The molecule has 4 aromatic rings. The Balaban J connectivity index is 2.13. The molecule has 0 spiro atoms. The van der Waals surface area contributed by atoms with E-state index in [0.717, 1.165) is 0 Å². The maximum absolute atomic E-state index is 14.6. The van der Waals surface area contributed by atoms with Gasteiger partial charge in [0, 0.05) is 6.54 Å². The lowest BCUT2D eigenvalue weighted by Gasteiger charge is -2.25. The molecule has 10 heteroatoms. The van der Waals surface area contributed by atoms with E-state index in [4.69, 9.17) is 11.5 Å². The number of fused-ring (bicyclic) bond motifs is 1. The van der Waals surface area contributed by atoms with Crippen LogP contribution in [0.25, 0.3) is 16.6 Å². The van der Waals surface area contributed by atoms with Crippen molar-refractivity contribution in [3.8, 4) is 11.8 Å². The number of benzene rings is 2. The first-order valence-electron chi connectivity index (χ1n) is 9.33. The zero-order chi connectivity index (χ0) is 22.1. The Morgan fingerprint density at radius 2 is 1.84 bits per heavy atom. The van der Waals surface area contributed by atoms with Gasteiger partial charge in [-0.25, -0.2) is 13.9 Å². The van der Waals surface area contributed by atoms with Crippen LogP contribution in [0, 0.1) is 17.1 Å². The molecule has 0 radical (unpaired) electrons. The third-order valence-electron chi connectivity index (χ3n) is 4.71. The largest absolute Gasteiger partial charge is 0.382 e. The van der Waals surface area contributed by atoms with E-state index in [-0.39, 0.29) is 46.5 Å². The Hall–Kier alpha value is -4.52. The molecule has 0 fully saturated rings. The van der Waals surface area contributed by atoms with Crippen molar-refractivity contribution in [3.63, 3.8) is 0 Å².